The van der Waals surface area contributed by atoms with E-state index in [1.54, 1.807) is 24.5 Å². The number of hydrogen-bond donors (Lipinski definition) is 1. The molecule has 4 aromatic rings. The van der Waals surface area contributed by atoms with Gasteiger partial charge in [-0.1, -0.05) is 6.92 Å². The molecule has 9 nitrogen and oxygen atoms in total. The highest BCUT2D eigenvalue weighted by Crippen LogP contribution is 2.46. The molecule has 1 N–H and O–H groups in total. The lowest BCUT2D eigenvalue weighted by molar-refractivity contribution is 0.0639. The molecule has 6 rings (SSSR count). The number of thiophene rings is 1. The predicted molar refractivity (Wildman–Crippen MR) is 147 cm³/mol. The third-order valence-electron chi connectivity index (χ3n) is 7.47. The quantitative estimate of drug-likeness (QED) is 0.318. The fourth-order valence-electron chi connectivity index (χ4n) is 5.59. The second-order valence-corrected chi connectivity index (χ2v) is 11.1. The maximum atomic E-state index is 13.8. The summed E-state index contributed by atoms with van der Waals surface area (Å²) in [7, 11) is 1.87. The molecule has 0 unspecified atom stereocenters. The normalized spacial score (nSPS) is 16.0. The SMILES string of the molecule is CCCN1Cc2nc(CCC3CCOCC3)c(-c3nnc(C)o3)c(-c3cc4ccnc(NC)c4s3)c2C1=O. The summed E-state index contributed by atoms with van der Waals surface area (Å²) < 4.78 is 12.6. The van der Waals surface area contributed by atoms with Gasteiger partial charge < -0.3 is 19.4 Å². The second kappa shape index (κ2) is 10.4. The largest absolute Gasteiger partial charge is 0.421 e. The van der Waals surface area contributed by atoms with Crippen LogP contribution >= 0.6 is 11.3 Å². The Bertz CT molecular complexity index is 1490. The number of hydrogen-bond acceptors (Lipinski definition) is 9. The Balaban J connectivity index is 1.57. The third-order valence-corrected chi connectivity index (χ3v) is 8.64. The molecule has 2 aliphatic heterocycles. The van der Waals surface area contributed by atoms with Gasteiger partial charge in [0.05, 0.1) is 33.8 Å². The first kappa shape index (κ1) is 24.9. The molecule has 38 heavy (non-hydrogen) atoms. The standard InChI is InChI=1S/C28H32N6O3S/c1-4-11-34-15-20-23(28(34)35)24(21-14-18-7-10-30-26(29-3)25(18)38-21)22(27-33-32-16(2)37-27)19(31-20)6-5-17-8-12-36-13-9-17/h7,10,14,17H,4-6,8-9,11-13,15H2,1-3H3,(H,29,30). The zero-order valence-corrected chi connectivity index (χ0v) is 22.9. The number of anilines is 1. The highest BCUT2D eigenvalue weighted by molar-refractivity contribution is 7.22. The smallest absolute Gasteiger partial charge is 0.256 e. The number of nitrogens with one attached hydrogen (secondary N) is 1. The number of fused-ring (bicyclic) bond motifs is 2. The van der Waals surface area contributed by atoms with Crippen LogP contribution in [-0.4, -0.2) is 57.8 Å². The van der Waals surface area contributed by atoms with E-state index in [1.165, 1.54) is 0 Å². The van der Waals surface area contributed by atoms with Crippen molar-refractivity contribution in [2.75, 3.05) is 32.1 Å². The van der Waals surface area contributed by atoms with Crippen molar-refractivity contribution >= 4 is 33.1 Å². The Morgan fingerprint density at radius 3 is 2.76 bits per heavy atom. The highest BCUT2D eigenvalue weighted by Gasteiger charge is 2.36. The first-order valence-corrected chi connectivity index (χ1v) is 14.2. The van der Waals surface area contributed by atoms with E-state index < -0.39 is 0 Å². The average molecular weight is 533 g/mol. The van der Waals surface area contributed by atoms with E-state index >= 15 is 0 Å². The first-order chi connectivity index (χ1) is 18.6. The van der Waals surface area contributed by atoms with E-state index in [0.29, 0.717) is 36.4 Å². The molecule has 1 saturated heterocycles. The van der Waals surface area contributed by atoms with Crippen LogP contribution in [0, 0.1) is 12.8 Å². The summed E-state index contributed by atoms with van der Waals surface area (Å²) in [4.78, 5) is 26.3. The Morgan fingerprint density at radius 1 is 1.18 bits per heavy atom. The number of carbonyl (C=O) groups is 1. The lowest BCUT2D eigenvalue weighted by atomic mass is 9.90. The van der Waals surface area contributed by atoms with Crippen molar-refractivity contribution in [3.63, 3.8) is 0 Å². The van der Waals surface area contributed by atoms with Gasteiger partial charge >= 0.3 is 0 Å². The first-order valence-electron chi connectivity index (χ1n) is 13.4. The molecule has 0 radical (unpaired) electrons. The van der Waals surface area contributed by atoms with Crippen LogP contribution in [0.15, 0.2) is 22.7 Å². The van der Waals surface area contributed by atoms with E-state index in [0.717, 1.165) is 88.6 Å². The van der Waals surface area contributed by atoms with Gasteiger partial charge in [0, 0.05) is 50.4 Å². The monoisotopic (exact) mass is 532 g/mol. The minimum Gasteiger partial charge on any atom is -0.421 e. The highest BCUT2D eigenvalue weighted by atomic mass is 32.1. The molecule has 0 aromatic carbocycles. The number of aromatic nitrogens is 4. The number of pyridine rings is 2. The summed E-state index contributed by atoms with van der Waals surface area (Å²) >= 11 is 1.62. The number of rotatable bonds is 8. The van der Waals surface area contributed by atoms with Crippen LogP contribution in [0.3, 0.4) is 0 Å². The van der Waals surface area contributed by atoms with Gasteiger partial charge in [-0.25, -0.2) is 4.98 Å². The molecule has 4 aromatic heterocycles. The molecule has 0 bridgehead atoms. The number of amides is 1. The van der Waals surface area contributed by atoms with Gasteiger partial charge in [0.25, 0.3) is 5.91 Å². The van der Waals surface area contributed by atoms with Crippen LogP contribution in [0.1, 0.15) is 60.2 Å². The molecule has 0 saturated carbocycles. The summed E-state index contributed by atoms with van der Waals surface area (Å²) in [6, 6.07) is 4.15. The topological polar surface area (TPSA) is 106 Å². The van der Waals surface area contributed by atoms with Gasteiger partial charge in [-0.2, -0.15) is 0 Å². The van der Waals surface area contributed by atoms with Crippen molar-refractivity contribution in [2.24, 2.45) is 5.92 Å². The van der Waals surface area contributed by atoms with Gasteiger partial charge in [0.2, 0.25) is 11.8 Å². The van der Waals surface area contributed by atoms with Crippen LogP contribution in [0.4, 0.5) is 5.82 Å². The second-order valence-electron chi connectivity index (χ2n) is 10.0. The van der Waals surface area contributed by atoms with Crippen molar-refractivity contribution in [3.05, 3.63) is 41.2 Å². The zero-order valence-electron chi connectivity index (χ0n) is 22.0. The van der Waals surface area contributed by atoms with Crippen LogP contribution in [0.2, 0.25) is 0 Å². The summed E-state index contributed by atoms with van der Waals surface area (Å²) in [6.07, 6.45) is 6.59. The van der Waals surface area contributed by atoms with E-state index in [-0.39, 0.29) is 5.91 Å². The number of nitrogens with zero attached hydrogens (tertiary/aromatic N) is 5. The van der Waals surface area contributed by atoms with Crippen molar-refractivity contribution < 1.29 is 13.9 Å². The maximum Gasteiger partial charge on any atom is 0.256 e. The molecule has 10 heteroatoms. The van der Waals surface area contributed by atoms with E-state index in [1.807, 2.05) is 18.0 Å². The lowest BCUT2D eigenvalue weighted by Crippen LogP contribution is -2.24. The molecule has 0 spiro atoms. The van der Waals surface area contributed by atoms with Crippen molar-refractivity contribution in [1.82, 2.24) is 25.1 Å². The van der Waals surface area contributed by atoms with Gasteiger partial charge in [0.15, 0.2) is 0 Å². The Hall–Kier alpha value is -3.37. The van der Waals surface area contributed by atoms with Crippen molar-refractivity contribution in [2.45, 2.75) is 52.5 Å². The Kier molecular flexibility index (Phi) is 6.84. The Morgan fingerprint density at radius 2 is 2.03 bits per heavy atom. The third kappa shape index (κ3) is 4.45. The molecule has 1 fully saturated rings. The molecule has 0 aliphatic carbocycles. The number of ether oxygens (including phenoxy) is 1. The summed E-state index contributed by atoms with van der Waals surface area (Å²) in [5, 5.41) is 12.8. The predicted octanol–water partition coefficient (Wildman–Crippen LogP) is 5.48. The van der Waals surface area contributed by atoms with E-state index in [9.17, 15) is 4.79 Å². The van der Waals surface area contributed by atoms with Gasteiger partial charge in [0.1, 0.15) is 5.82 Å². The average Bonchev–Trinajstić information content (AvgIpc) is 3.64. The van der Waals surface area contributed by atoms with Gasteiger partial charge in [-0.15, -0.1) is 21.5 Å². The fourth-order valence-corrected chi connectivity index (χ4v) is 6.80. The molecular weight excluding hydrogens is 500 g/mol. The van der Waals surface area contributed by atoms with Crippen LogP contribution in [0.5, 0.6) is 0 Å². The van der Waals surface area contributed by atoms with Crippen molar-refractivity contribution in [3.8, 4) is 21.9 Å². The zero-order chi connectivity index (χ0) is 26.2. The fraction of sp³-hybridized carbons (Fsp3) is 0.464. The van der Waals surface area contributed by atoms with E-state index in [4.69, 9.17) is 14.1 Å². The molecular formula is C28H32N6O3S. The number of aryl methyl sites for hydroxylation is 2. The van der Waals surface area contributed by atoms with Crippen LogP contribution in [0.25, 0.3) is 32.0 Å². The molecule has 6 heterocycles. The molecule has 2 aliphatic rings. The van der Waals surface area contributed by atoms with E-state index in [2.05, 4.69) is 33.5 Å². The summed E-state index contributed by atoms with van der Waals surface area (Å²) in [6.45, 7) is 6.73. The minimum absolute atomic E-state index is 0.0160. The molecule has 1 amide bonds. The maximum absolute atomic E-state index is 13.8. The lowest BCUT2D eigenvalue weighted by Gasteiger charge is -2.22. The summed E-state index contributed by atoms with van der Waals surface area (Å²) in [5.41, 5.74) is 4.06. The number of carbonyl (C=O) groups excluding carboxylic acids is 1. The van der Waals surface area contributed by atoms with Crippen LogP contribution in [-0.2, 0) is 17.7 Å². The Labute approximate surface area is 225 Å². The van der Waals surface area contributed by atoms with Gasteiger partial charge in [-0.05, 0) is 55.5 Å². The minimum atomic E-state index is 0.0160. The summed E-state index contributed by atoms with van der Waals surface area (Å²) in [5.74, 6) is 2.33. The van der Waals surface area contributed by atoms with Crippen LogP contribution < -0.4 is 5.32 Å². The van der Waals surface area contributed by atoms with Crippen molar-refractivity contribution in [1.29, 1.82) is 0 Å². The van der Waals surface area contributed by atoms with Gasteiger partial charge in [-0.3, -0.25) is 9.78 Å². The molecule has 0 atom stereocenters. The molecule has 198 valence electrons.